The zero-order valence-electron chi connectivity index (χ0n) is 16.8. The fourth-order valence-corrected chi connectivity index (χ4v) is 4.20. The lowest BCUT2D eigenvalue weighted by Gasteiger charge is -2.25. The fourth-order valence-electron chi connectivity index (χ4n) is 4.20. The second-order valence-electron chi connectivity index (χ2n) is 7.57. The van der Waals surface area contributed by atoms with Crippen molar-refractivity contribution >= 4 is 10.9 Å². The highest BCUT2D eigenvalue weighted by Gasteiger charge is 2.26. The first-order valence-electron chi connectivity index (χ1n) is 10.1. The van der Waals surface area contributed by atoms with Crippen molar-refractivity contribution in [3.8, 4) is 17.2 Å². The quantitative estimate of drug-likeness (QED) is 0.454. The van der Waals surface area contributed by atoms with Gasteiger partial charge in [-0.2, -0.15) is 0 Å². The first-order valence-corrected chi connectivity index (χ1v) is 10.1. The van der Waals surface area contributed by atoms with Crippen molar-refractivity contribution in [1.29, 1.82) is 0 Å². The van der Waals surface area contributed by atoms with Crippen LogP contribution in [0.4, 0.5) is 0 Å². The smallest absolute Gasteiger partial charge is 0.160 e. The van der Waals surface area contributed by atoms with E-state index >= 15 is 0 Å². The highest BCUT2D eigenvalue weighted by molar-refractivity contribution is 5.86. The topological polar surface area (TPSA) is 66.5 Å². The van der Waals surface area contributed by atoms with Crippen molar-refractivity contribution < 1.29 is 14.6 Å². The zero-order chi connectivity index (χ0) is 20.5. The fraction of sp³-hybridized carbons (Fsp3) is 0.200. The lowest BCUT2D eigenvalue weighted by Crippen LogP contribution is -2.30. The Labute approximate surface area is 175 Å². The summed E-state index contributed by atoms with van der Waals surface area (Å²) < 4.78 is 11.3. The molecule has 152 valence electrons. The van der Waals surface area contributed by atoms with Crippen molar-refractivity contribution in [1.82, 2.24) is 10.3 Å². The van der Waals surface area contributed by atoms with Crippen LogP contribution in [-0.2, 0) is 13.0 Å². The average Bonchev–Trinajstić information content (AvgIpc) is 3.17. The molecule has 0 bridgehead atoms. The molecule has 0 fully saturated rings. The van der Waals surface area contributed by atoms with Crippen LogP contribution < -0.4 is 14.8 Å². The van der Waals surface area contributed by atoms with E-state index in [-0.39, 0.29) is 11.8 Å². The van der Waals surface area contributed by atoms with Gasteiger partial charge in [0.2, 0.25) is 0 Å². The number of hydrogen-bond acceptors (Lipinski definition) is 4. The number of H-pyrrole nitrogens is 1. The number of ether oxygens (including phenoxy) is 2. The molecule has 5 nitrogen and oxygen atoms in total. The Bertz CT molecular complexity index is 1180. The predicted octanol–water partition coefficient (Wildman–Crippen LogP) is 4.70. The molecule has 0 amide bonds. The monoisotopic (exact) mass is 400 g/mol. The van der Waals surface area contributed by atoms with Gasteiger partial charge in [0.25, 0.3) is 0 Å². The Balaban J connectivity index is 1.47. The van der Waals surface area contributed by atoms with E-state index in [9.17, 15) is 5.11 Å². The molecule has 5 rings (SSSR count). The summed E-state index contributed by atoms with van der Waals surface area (Å²) in [6, 6.07) is 22.0. The van der Waals surface area contributed by atoms with Crippen LogP contribution in [0.1, 0.15) is 28.4 Å². The van der Waals surface area contributed by atoms with Crippen molar-refractivity contribution in [2.45, 2.75) is 19.1 Å². The Morgan fingerprint density at radius 3 is 2.73 bits per heavy atom. The Hall–Kier alpha value is -3.44. The third-order valence-corrected chi connectivity index (χ3v) is 5.71. The molecule has 1 atom stereocenters. The van der Waals surface area contributed by atoms with Crippen molar-refractivity contribution in [3.05, 3.63) is 89.1 Å². The lowest BCUT2D eigenvalue weighted by atomic mass is 9.94. The van der Waals surface area contributed by atoms with Crippen LogP contribution in [0.25, 0.3) is 10.9 Å². The molecule has 0 saturated carbocycles. The molecule has 2 heterocycles. The average molecular weight is 400 g/mol. The van der Waals surface area contributed by atoms with Crippen LogP contribution in [0, 0.1) is 0 Å². The number of fused-ring (bicyclic) bond motifs is 3. The Morgan fingerprint density at radius 2 is 1.90 bits per heavy atom. The summed E-state index contributed by atoms with van der Waals surface area (Å²) in [5.74, 6) is 1.50. The summed E-state index contributed by atoms with van der Waals surface area (Å²) in [5, 5.41) is 14.7. The van der Waals surface area contributed by atoms with Crippen LogP contribution in [0.15, 0.2) is 66.7 Å². The summed E-state index contributed by atoms with van der Waals surface area (Å²) in [5.41, 5.74) is 5.78. The first-order chi connectivity index (χ1) is 14.7. The predicted molar refractivity (Wildman–Crippen MR) is 117 cm³/mol. The first kappa shape index (κ1) is 18.6. The Kier molecular flexibility index (Phi) is 4.81. The largest absolute Gasteiger partial charge is 0.504 e. The normalized spacial score (nSPS) is 15.7. The number of nitrogens with one attached hydrogen (secondary N) is 2. The van der Waals surface area contributed by atoms with Gasteiger partial charge in [0.15, 0.2) is 11.5 Å². The summed E-state index contributed by atoms with van der Waals surface area (Å²) in [7, 11) is 1.57. The van der Waals surface area contributed by atoms with Crippen molar-refractivity contribution in [2.75, 3.05) is 13.7 Å². The molecule has 30 heavy (non-hydrogen) atoms. The van der Waals surface area contributed by atoms with Gasteiger partial charge >= 0.3 is 0 Å². The van der Waals surface area contributed by atoms with Crippen LogP contribution >= 0.6 is 0 Å². The molecule has 1 unspecified atom stereocenters. The number of aromatic nitrogens is 1. The van der Waals surface area contributed by atoms with Crippen molar-refractivity contribution in [2.24, 2.45) is 0 Å². The molecular formula is C25H24N2O3. The summed E-state index contributed by atoms with van der Waals surface area (Å²) >= 11 is 0. The van der Waals surface area contributed by atoms with Gasteiger partial charge in [-0.05, 0) is 53.4 Å². The number of phenols is 1. The van der Waals surface area contributed by atoms with Gasteiger partial charge in [-0.15, -0.1) is 0 Å². The highest BCUT2D eigenvalue weighted by atomic mass is 16.5. The third kappa shape index (κ3) is 3.37. The highest BCUT2D eigenvalue weighted by Crippen LogP contribution is 2.37. The van der Waals surface area contributed by atoms with Crippen LogP contribution in [0.3, 0.4) is 0 Å². The molecule has 3 N–H and O–H groups in total. The molecule has 4 aromatic rings. The number of methoxy groups -OCH3 is 1. The number of rotatable bonds is 5. The number of benzene rings is 3. The minimum atomic E-state index is 0.0179. The van der Waals surface area contributed by atoms with E-state index in [0.717, 1.165) is 41.1 Å². The van der Waals surface area contributed by atoms with E-state index in [1.165, 1.54) is 10.9 Å². The van der Waals surface area contributed by atoms with E-state index in [4.69, 9.17) is 9.47 Å². The van der Waals surface area contributed by atoms with E-state index in [1.54, 1.807) is 13.2 Å². The molecule has 0 radical (unpaired) electrons. The second kappa shape index (κ2) is 7.76. The van der Waals surface area contributed by atoms with E-state index in [0.29, 0.717) is 12.4 Å². The standard InChI is InChI=1S/C25H24N2O3/c1-29-23-13-17(7-10-22(23)28)24-25-19(11-12-26-24)20-14-18(8-9-21(20)27-25)30-15-16-5-3-2-4-6-16/h2-10,13-14,24,26-28H,11-12,15H2,1H3. The molecule has 1 aliphatic heterocycles. The maximum absolute atomic E-state index is 9.94. The van der Waals surface area contributed by atoms with Gasteiger partial charge in [0, 0.05) is 23.1 Å². The molecule has 0 saturated heterocycles. The number of aromatic amines is 1. The SMILES string of the molecule is COc1cc(C2NCCc3c2[nH]c2ccc(OCc4ccccc4)cc32)ccc1O. The zero-order valence-corrected chi connectivity index (χ0v) is 16.8. The van der Waals surface area contributed by atoms with E-state index < -0.39 is 0 Å². The number of hydrogen-bond donors (Lipinski definition) is 3. The molecule has 0 aliphatic carbocycles. The minimum Gasteiger partial charge on any atom is -0.504 e. The molecule has 1 aromatic heterocycles. The van der Waals surface area contributed by atoms with Gasteiger partial charge in [-0.25, -0.2) is 0 Å². The lowest BCUT2D eigenvalue weighted by molar-refractivity contribution is 0.306. The summed E-state index contributed by atoms with van der Waals surface area (Å²) in [6.45, 7) is 1.43. The van der Waals surface area contributed by atoms with Gasteiger partial charge in [-0.1, -0.05) is 36.4 Å². The van der Waals surface area contributed by atoms with Crippen LogP contribution in [0.2, 0.25) is 0 Å². The van der Waals surface area contributed by atoms with Crippen LogP contribution in [-0.4, -0.2) is 23.7 Å². The maximum Gasteiger partial charge on any atom is 0.160 e. The van der Waals surface area contributed by atoms with E-state index in [1.807, 2.05) is 36.4 Å². The molecule has 3 aromatic carbocycles. The number of phenolic OH excluding ortho intramolecular Hbond substituents is 1. The molecule has 5 heteroatoms. The van der Waals surface area contributed by atoms with Gasteiger partial charge in [0.05, 0.1) is 13.2 Å². The third-order valence-electron chi connectivity index (χ3n) is 5.71. The molecule has 0 spiro atoms. The van der Waals surface area contributed by atoms with E-state index in [2.05, 4.69) is 34.6 Å². The summed E-state index contributed by atoms with van der Waals surface area (Å²) in [4.78, 5) is 3.60. The number of aromatic hydroxyl groups is 1. The molecule has 1 aliphatic rings. The maximum atomic E-state index is 9.94. The minimum absolute atomic E-state index is 0.0179. The van der Waals surface area contributed by atoms with Crippen molar-refractivity contribution in [3.63, 3.8) is 0 Å². The van der Waals surface area contributed by atoms with Gasteiger partial charge in [-0.3, -0.25) is 0 Å². The van der Waals surface area contributed by atoms with Gasteiger partial charge in [0.1, 0.15) is 12.4 Å². The van der Waals surface area contributed by atoms with Gasteiger partial charge < -0.3 is 24.9 Å². The second-order valence-corrected chi connectivity index (χ2v) is 7.57. The Morgan fingerprint density at radius 1 is 1.03 bits per heavy atom. The van der Waals surface area contributed by atoms with Crippen LogP contribution in [0.5, 0.6) is 17.2 Å². The molecular weight excluding hydrogens is 376 g/mol. The summed E-state index contributed by atoms with van der Waals surface area (Å²) in [6.07, 6.45) is 0.948.